The Hall–Kier alpha value is -4.30. The zero-order valence-electron chi connectivity index (χ0n) is 21.5. The maximum atomic E-state index is 13.5. The molecule has 1 fully saturated rings. The molecule has 3 aromatic carbocycles. The van der Waals surface area contributed by atoms with E-state index in [1.54, 1.807) is 41.3 Å². The number of hydrogen-bond donors (Lipinski definition) is 3. The molecule has 1 aliphatic carbocycles. The number of nitrogens with two attached hydrogens (primary N) is 1. The van der Waals surface area contributed by atoms with Crippen molar-refractivity contribution < 1.29 is 9.59 Å². The highest BCUT2D eigenvalue weighted by atomic mass is 35.5. The Morgan fingerprint density at radius 1 is 1.00 bits per heavy atom. The molecule has 0 spiro atoms. The number of guanidine groups is 1. The Kier molecular flexibility index (Phi) is 9.58. The Morgan fingerprint density at radius 2 is 1.69 bits per heavy atom. The average Bonchev–Trinajstić information content (AvgIpc) is 2.99. The molecule has 0 saturated heterocycles. The highest BCUT2D eigenvalue weighted by molar-refractivity contribution is 6.32. The minimum absolute atomic E-state index is 0.192. The summed E-state index contributed by atoms with van der Waals surface area (Å²) in [5.41, 5.74) is 11.0. The number of anilines is 1. The maximum Gasteiger partial charge on any atom is 0.265 e. The third kappa shape index (κ3) is 7.39. The summed E-state index contributed by atoms with van der Waals surface area (Å²) in [4.78, 5) is 27.5. The van der Waals surface area contributed by atoms with E-state index in [0.29, 0.717) is 23.0 Å². The molecule has 2 amide bonds. The van der Waals surface area contributed by atoms with Crippen molar-refractivity contribution in [2.75, 3.05) is 4.90 Å². The number of nitrogens with zero attached hydrogens (tertiary/aromatic N) is 3. The molecule has 0 aromatic heterocycles. The van der Waals surface area contributed by atoms with Crippen LogP contribution < -0.4 is 16.1 Å². The van der Waals surface area contributed by atoms with Crippen LogP contribution in [0.1, 0.15) is 65.1 Å². The summed E-state index contributed by atoms with van der Waals surface area (Å²) >= 11 is 6.28. The van der Waals surface area contributed by atoms with Gasteiger partial charge in [0, 0.05) is 22.3 Å². The Balaban J connectivity index is 1.56. The van der Waals surface area contributed by atoms with Crippen molar-refractivity contribution in [3.05, 3.63) is 106 Å². The molecule has 0 unspecified atom stereocenters. The smallest absolute Gasteiger partial charge is 0.265 e. The van der Waals surface area contributed by atoms with Crippen LogP contribution in [-0.4, -0.2) is 17.8 Å². The Labute approximate surface area is 233 Å². The van der Waals surface area contributed by atoms with Gasteiger partial charge < -0.3 is 10.7 Å². The zero-order valence-corrected chi connectivity index (χ0v) is 22.3. The van der Waals surface area contributed by atoms with E-state index in [1.807, 2.05) is 30.3 Å². The molecular formula is C30H31ClN6O2. The number of rotatable bonds is 7. The van der Waals surface area contributed by atoms with Crippen LogP contribution in [0.25, 0.3) is 6.08 Å². The second kappa shape index (κ2) is 13.5. The number of nitrogens with one attached hydrogen (secondary N) is 2. The number of carbonyl (C=O) groups is 2. The molecule has 200 valence electrons. The second-order valence-corrected chi connectivity index (χ2v) is 9.83. The van der Waals surface area contributed by atoms with Crippen molar-refractivity contribution in [2.24, 2.45) is 16.1 Å². The molecule has 1 saturated carbocycles. The first-order chi connectivity index (χ1) is 19.0. The summed E-state index contributed by atoms with van der Waals surface area (Å²) in [7, 11) is 0. The van der Waals surface area contributed by atoms with Crippen LogP contribution in [-0.2, 0) is 11.3 Å². The van der Waals surface area contributed by atoms with Crippen molar-refractivity contribution in [1.82, 2.24) is 5.32 Å². The van der Waals surface area contributed by atoms with Gasteiger partial charge in [0.15, 0.2) is 0 Å². The van der Waals surface area contributed by atoms with Crippen LogP contribution in [0.4, 0.5) is 5.69 Å². The van der Waals surface area contributed by atoms with E-state index >= 15 is 0 Å². The molecule has 0 atom stereocenters. The molecule has 0 aliphatic heterocycles. The van der Waals surface area contributed by atoms with Gasteiger partial charge in [-0.2, -0.15) is 0 Å². The van der Waals surface area contributed by atoms with E-state index < -0.39 is 5.91 Å². The standard InChI is InChI=1S/C30H31ClN6O2/c31-27-9-5-4-8-24(27)16-19-28(38)37(26-17-14-23(15-18-26)22-6-2-1-3-7-22)20-21-10-12-25(13-11-21)29(39)34-30(35-32)36-33/h4-5,8-19,22,32H,1-3,6-7,20,33H2,(H,34,36,39)/b19-16+,35-32?. The van der Waals surface area contributed by atoms with Gasteiger partial charge in [-0.25, -0.2) is 5.53 Å². The van der Waals surface area contributed by atoms with Gasteiger partial charge in [0.05, 0.1) is 6.54 Å². The fourth-order valence-corrected chi connectivity index (χ4v) is 4.93. The molecule has 0 radical (unpaired) electrons. The van der Waals surface area contributed by atoms with Crippen LogP contribution in [0, 0.1) is 5.53 Å². The molecule has 9 heteroatoms. The first kappa shape index (κ1) is 27.7. The summed E-state index contributed by atoms with van der Waals surface area (Å²) in [6, 6.07) is 22.5. The minimum atomic E-state index is -0.490. The van der Waals surface area contributed by atoms with E-state index in [-0.39, 0.29) is 11.9 Å². The van der Waals surface area contributed by atoms with Crippen LogP contribution >= 0.6 is 11.6 Å². The molecule has 8 nitrogen and oxygen atoms in total. The van der Waals surface area contributed by atoms with Crippen LogP contribution in [0.15, 0.2) is 89.1 Å². The van der Waals surface area contributed by atoms with Gasteiger partial charge in [0.25, 0.3) is 17.8 Å². The maximum absolute atomic E-state index is 13.5. The summed E-state index contributed by atoms with van der Waals surface area (Å²) in [6.07, 6.45) is 9.47. The highest BCUT2D eigenvalue weighted by Crippen LogP contribution is 2.33. The van der Waals surface area contributed by atoms with Crippen molar-refractivity contribution in [3.63, 3.8) is 0 Å². The Morgan fingerprint density at radius 3 is 2.33 bits per heavy atom. The molecule has 0 heterocycles. The van der Waals surface area contributed by atoms with Crippen molar-refractivity contribution in [1.29, 1.82) is 5.53 Å². The largest absolute Gasteiger partial charge is 0.320 e. The van der Waals surface area contributed by atoms with E-state index in [4.69, 9.17) is 23.0 Å². The topological polar surface area (TPSA) is 124 Å². The lowest BCUT2D eigenvalue weighted by atomic mass is 9.84. The monoisotopic (exact) mass is 542 g/mol. The van der Waals surface area contributed by atoms with E-state index in [2.05, 4.69) is 27.7 Å². The zero-order chi connectivity index (χ0) is 27.6. The van der Waals surface area contributed by atoms with E-state index in [9.17, 15) is 9.59 Å². The number of halogens is 1. The van der Waals surface area contributed by atoms with Crippen LogP contribution in [0.3, 0.4) is 0 Å². The average molecular weight is 543 g/mol. The summed E-state index contributed by atoms with van der Waals surface area (Å²) in [5.74, 6) is 4.70. The minimum Gasteiger partial charge on any atom is -0.320 e. The first-order valence-electron chi connectivity index (χ1n) is 12.9. The predicted octanol–water partition coefficient (Wildman–Crippen LogP) is 6.62. The lowest BCUT2D eigenvalue weighted by Crippen LogP contribution is -2.30. The first-order valence-corrected chi connectivity index (χ1v) is 13.3. The van der Waals surface area contributed by atoms with Crippen molar-refractivity contribution in [2.45, 2.75) is 44.6 Å². The van der Waals surface area contributed by atoms with E-state index in [1.165, 1.54) is 43.7 Å². The van der Waals surface area contributed by atoms with Crippen molar-refractivity contribution in [3.8, 4) is 0 Å². The van der Waals surface area contributed by atoms with Gasteiger partial charge in [-0.05, 0) is 71.9 Å². The van der Waals surface area contributed by atoms with Gasteiger partial charge in [-0.3, -0.25) is 14.9 Å². The van der Waals surface area contributed by atoms with Gasteiger partial charge >= 0.3 is 0 Å². The summed E-state index contributed by atoms with van der Waals surface area (Å²) in [5, 5.41) is 9.20. The molecule has 3 aromatic rings. The Bertz CT molecular complexity index is 1360. The number of hydrogen-bond acceptors (Lipinski definition) is 5. The van der Waals surface area contributed by atoms with Gasteiger partial charge in [0.1, 0.15) is 0 Å². The number of amides is 2. The molecular weight excluding hydrogens is 512 g/mol. The van der Waals surface area contributed by atoms with Gasteiger partial charge in [0.2, 0.25) is 0 Å². The van der Waals surface area contributed by atoms with E-state index in [0.717, 1.165) is 16.8 Å². The summed E-state index contributed by atoms with van der Waals surface area (Å²) in [6.45, 7) is 0.300. The second-order valence-electron chi connectivity index (χ2n) is 9.42. The van der Waals surface area contributed by atoms with Crippen LogP contribution in [0.5, 0.6) is 0 Å². The molecule has 4 N–H and O–H groups in total. The molecule has 4 rings (SSSR count). The number of benzene rings is 3. The lowest BCUT2D eigenvalue weighted by molar-refractivity contribution is -0.114. The SMILES string of the molecule is N=N/C(=N\N)NC(=O)c1ccc(CN(C(=O)/C=C/c2ccccc2Cl)c2ccc(C3CCCCC3)cc2)cc1. The number of carbonyl (C=O) groups excluding carboxylic acids is 2. The van der Waals surface area contributed by atoms with Crippen molar-refractivity contribution >= 4 is 41.1 Å². The summed E-state index contributed by atoms with van der Waals surface area (Å²) < 4.78 is 0. The number of hydrazone groups is 1. The molecule has 0 bridgehead atoms. The predicted molar refractivity (Wildman–Crippen MR) is 155 cm³/mol. The quantitative estimate of drug-likeness (QED) is 0.0775. The highest BCUT2D eigenvalue weighted by Gasteiger charge is 2.18. The fourth-order valence-electron chi connectivity index (χ4n) is 4.73. The molecule has 39 heavy (non-hydrogen) atoms. The van der Waals surface area contributed by atoms with Crippen LogP contribution in [0.2, 0.25) is 5.02 Å². The molecule has 1 aliphatic rings. The normalized spacial score (nSPS) is 14.2. The lowest BCUT2D eigenvalue weighted by Gasteiger charge is -2.25. The third-order valence-corrected chi connectivity index (χ3v) is 7.21. The fraction of sp³-hybridized carbons (Fsp3) is 0.233. The van der Waals surface area contributed by atoms with Gasteiger partial charge in [-0.15, -0.1) is 10.2 Å². The third-order valence-electron chi connectivity index (χ3n) is 6.87. The van der Waals surface area contributed by atoms with Gasteiger partial charge in [-0.1, -0.05) is 73.3 Å².